The van der Waals surface area contributed by atoms with Gasteiger partial charge in [0.05, 0.1) is 19.2 Å². The molecule has 6 nitrogen and oxygen atoms in total. The first kappa shape index (κ1) is 17.5. The highest BCUT2D eigenvalue weighted by molar-refractivity contribution is 5.82. The largest absolute Gasteiger partial charge is 0.494 e. The van der Waals surface area contributed by atoms with E-state index >= 15 is 0 Å². The molecule has 3 rings (SSSR count). The molecule has 2 heterocycles. The van der Waals surface area contributed by atoms with Crippen LogP contribution in [-0.2, 0) is 0 Å². The fraction of sp³-hybridized carbons (Fsp3) is 0.474. The van der Waals surface area contributed by atoms with Crippen molar-refractivity contribution in [3.8, 4) is 17.7 Å². The number of rotatable bonds is 6. The number of hydrogen-bond acceptors (Lipinski definition) is 6. The summed E-state index contributed by atoms with van der Waals surface area (Å²) in [6, 6.07) is 10.2. The number of benzene rings is 1. The highest BCUT2D eigenvalue weighted by Crippen LogP contribution is 2.25. The molecule has 0 radical (unpaired) electrons. The van der Waals surface area contributed by atoms with Gasteiger partial charge in [-0.05, 0) is 38.1 Å². The maximum absolute atomic E-state index is 9.13. The molecule has 1 unspecified atom stereocenters. The van der Waals surface area contributed by atoms with Crippen LogP contribution in [0.1, 0.15) is 18.4 Å². The van der Waals surface area contributed by atoms with Crippen LogP contribution < -0.4 is 14.8 Å². The van der Waals surface area contributed by atoms with Crippen molar-refractivity contribution in [2.24, 2.45) is 0 Å². The van der Waals surface area contributed by atoms with Gasteiger partial charge in [0.1, 0.15) is 17.4 Å². The Hall–Kier alpha value is -2.36. The molecule has 1 saturated heterocycles. The molecule has 1 aliphatic rings. The lowest BCUT2D eigenvalue weighted by molar-refractivity contribution is 0.178. The molecule has 0 spiro atoms. The number of methoxy groups -OCH3 is 1. The zero-order valence-corrected chi connectivity index (χ0v) is 14.8. The van der Waals surface area contributed by atoms with Crippen molar-refractivity contribution < 1.29 is 9.47 Å². The molecule has 1 aromatic heterocycles. The monoisotopic (exact) mass is 340 g/mol. The van der Waals surface area contributed by atoms with Crippen LogP contribution in [0.5, 0.6) is 11.6 Å². The van der Waals surface area contributed by atoms with Crippen molar-refractivity contribution in [3.63, 3.8) is 0 Å². The number of nitrogens with zero attached hydrogens (tertiary/aromatic N) is 3. The number of pyridine rings is 1. The lowest BCUT2D eigenvalue weighted by Gasteiger charge is -2.33. The Balaban J connectivity index is 1.59. The molecule has 2 aromatic rings. The zero-order chi connectivity index (χ0) is 17.6. The first-order valence-corrected chi connectivity index (χ1v) is 8.64. The van der Waals surface area contributed by atoms with Crippen molar-refractivity contribution in [3.05, 3.63) is 29.8 Å². The van der Waals surface area contributed by atoms with Crippen LogP contribution in [0.25, 0.3) is 10.9 Å². The average Bonchev–Trinajstić information content (AvgIpc) is 2.65. The summed E-state index contributed by atoms with van der Waals surface area (Å²) in [6.07, 6.45) is 2.13. The van der Waals surface area contributed by atoms with Crippen LogP contribution in [0.3, 0.4) is 0 Å². The van der Waals surface area contributed by atoms with E-state index in [0.29, 0.717) is 24.1 Å². The second-order valence-corrected chi connectivity index (χ2v) is 6.34. The van der Waals surface area contributed by atoms with E-state index in [4.69, 9.17) is 14.7 Å². The minimum Gasteiger partial charge on any atom is -0.494 e. The van der Waals surface area contributed by atoms with Crippen molar-refractivity contribution >= 4 is 10.9 Å². The molecular weight excluding hydrogens is 316 g/mol. The van der Waals surface area contributed by atoms with Gasteiger partial charge >= 0.3 is 0 Å². The van der Waals surface area contributed by atoms with Gasteiger partial charge in [-0.3, -0.25) is 0 Å². The van der Waals surface area contributed by atoms with Crippen molar-refractivity contribution in [2.75, 3.05) is 40.4 Å². The summed E-state index contributed by atoms with van der Waals surface area (Å²) in [5, 5.41) is 13.5. The third kappa shape index (κ3) is 4.19. The minimum absolute atomic E-state index is 0.347. The molecule has 0 aliphatic carbocycles. The number of nitrogens with one attached hydrogen (secondary N) is 1. The molecule has 0 amide bonds. The van der Waals surface area contributed by atoms with Crippen LogP contribution >= 0.6 is 0 Å². The highest BCUT2D eigenvalue weighted by atomic mass is 16.5. The number of nitriles is 1. The first-order valence-electron chi connectivity index (χ1n) is 8.64. The van der Waals surface area contributed by atoms with Crippen molar-refractivity contribution in [2.45, 2.75) is 18.9 Å². The summed E-state index contributed by atoms with van der Waals surface area (Å²) in [4.78, 5) is 6.81. The van der Waals surface area contributed by atoms with Gasteiger partial charge < -0.3 is 19.7 Å². The molecule has 1 aromatic carbocycles. The topological polar surface area (TPSA) is 70.4 Å². The van der Waals surface area contributed by atoms with E-state index in [1.165, 1.54) is 7.11 Å². The average molecular weight is 340 g/mol. The Morgan fingerprint density at radius 1 is 1.40 bits per heavy atom. The lowest BCUT2D eigenvalue weighted by atomic mass is 10.1. The van der Waals surface area contributed by atoms with Crippen LogP contribution in [0.4, 0.5) is 0 Å². The lowest BCUT2D eigenvalue weighted by Crippen LogP contribution is -2.49. The third-order valence-electron chi connectivity index (χ3n) is 4.66. The summed E-state index contributed by atoms with van der Waals surface area (Å²) in [6.45, 7) is 3.92. The van der Waals surface area contributed by atoms with Gasteiger partial charge in [0, 0.05) is 37.1 Å². The van der Waals surface area contributed by atoms with Gasteiger partial charge in [-0.1, -0.05) is 0 Å². The number of likely N-dealkylation sites (N-methyl/N-ethyl adjacent to an activating group) is 1. The van der Waals surface area contributed by atoms with Crippen molar-refractivity contribution in [1.29, 1.82) is 5.26 Å². The van der Waals surface area contributed by atoms with Crippen molar-refractivity contribution in [1.82, 2.24) is 15.2 Å². The van der Waals surface area contributed by atoms with Gasteiger partial charge in [-0.25, -0.2) is 4.98 Å². The van der Waals surface area contributed by atoms with Crippen LogP contribution in [0.2, 0.25) is 0 Å². The van der Waals surface area contributed by atoms with Gasteiger partial charge in [-0.15, -0.1) is 0 Å². The van der Waals surface area contributed by atoms with Crippen LogP contribution in [0, 0.1) is 11.3 Å². The van der Waals surface area contributed by atoms with E-state index < -0.39 is 0 Å². The van der Waals surface area contributed by atoms with E-state index in [2.05, 4.69) is 28.3 Å². The maximum Gasteiger partial charge on any atom is 0.231 e. The van der Waals surface area contributed by atoms with Gasteiger partial charge in [0.2, 0.25) is 5.88 Å². The predicted octanol–water partition coefficient (Wildman–Crippen LogP) is 2.18. The maximum atomic E-state index is 9.13. The Morgan fingerprint density at radius 3 is 3.04 bits per heavy atom. The SMILES string of the molecule is COc1nc2cc(OCCCC3CNCCN3C)ccc2cc1C#N. The summed E-state index contributed by atoms with van der Waals surface area (Å²) >= 11 is 0. The Bertz CT molecular complexity index is 772. The zero-order valence-electron chi connectivity index (χ0n) is 14.8. The van der Waals surface area contributed by atoms with E-state index in [1.54, 1.807) is 6.07 Å². The Morgan fingerprint density at radius 2 is 2.28 bits per heavy atom. The van der Waals surface area contributed by atoms with E-state index in [0.717, 1.165) is 49.1 Å². The van der Waals surface area contributed by atoms with Crippen LogP contribution in [-0.4, -0.2) is 56.3 Å². The highest BCUT2D eigenvalue weighted by Gasteiger charge is 2.17. The smallest absolute Gasteiger partial charge is 0.231 e. The Labute approximate surface area is 148 Å². The Kier molecular flexibility index (Phi) is 5.69. The standard InChI is InChI=1S/C19H24N4O2/c1-23-8-7-21-13-16(23)4-3-9-25-17-6-5-14-10-15(12-20)19(24-2)22-18(14)11-17/h5-6,10-11,16,21H,3-4,7-9,13H2,1-2H3. The summed E-state index contributed by atoms with van der Waals surface area (Å²) in [5.74, 6) is 1.14. The van der Waals surface area contributed by atoms with E-state index in [-0.39, 0.29) is 0 Å². The summed E-state index contributed by atoms with van der Waals surface area (Å²) in [5.41, 5.74) is 1.21. The second kappa shape index (κ2) is 8.15. The molecule has 1 aliphatic heterocycles. The van der Waals surface area contributed by atoms with Gasteiger partial charge in [0.25, 0.3) is 0 Å². The molecule has 0 bridgehead atoms. The van der Waals surface area contributed by atoms with E-state index in [1.807, 2.05) is 18.2 Å². The molecule has 25 heavy (non-hydrogen) atoms. The molecule has 1 fully saturated rings. The number of aromatic nitrogens is 1. The quantitative estimate of drug-likeness (QED) is 0.813. The minimum atomic E-state index is 0.347. The molecule has 6 heteroatoms. The number of piperazine rings is 1. The van der Waals surface area contributed by atoms with Gasteiger partial charge in [-0.2, -0.15) is 5.26 Å². The number of hydrogen-bond donors (Lipinski definition) is 1. The number of ether oxygens (including phenoxy) is 2. The molecule has 0 saturated carbocycles. The molecule has 1 N–H and O–H groups in total. The van der Waals surface area contributed by atoms with E-state index in [9.17, 15) is 0 Å². The fourth-order valence-corrected chi connectivity index (χ4v) is 3.15. The molecular formula is C19H24N4O2. The number of fused-ring (bicyclic) bond motifs is 1. The van der Waals surface area contributed by atoms with Gasteiger partial charge in [0.15, 0.2) is 0 Å². The predicted molar refractivity (Wildman–Crippen MR) is 97.0 cm³/mol. The fourth-order valence-electron chi connectivity index (χ4n) is 3.15. The third-order valence-corrected chi connectivity index (χ3v) is 4.66. The second-order valence-electron chi connectivity index (χ2n) is 6.34. The normalized spacial score (nSPS) is 18.0. The molecule has 132 valence electrons. The first-order chi connectivity index (χ1) is 12.2. The summed E-state index contributed by atoms with van der Waals surface area (Å²) in [7, 11) is 3.71. The van der Waals surface area contributed by atoms with Crippen LogP contribution in [0.15, 0.2) is 24.3 Å². The molecule has 1 atom stereocenters. The summed E-state index contributed by atoms with van der Waals surface area (Å²) < 4.78 is 11.1.